The quantitative estimate of drug-likeness (QED) is 0.827. The maximum atomic E-state index is 13.0. The summed E-state index contributed by atoms with van der Waals surface area (Å²) in [4.78, 5) is 27.5. The van der Waals surface area contributed by atoms with Crippen LogP contribution in [0.2, 0.25) is 0 Å². The van der Waals surface area contributed by atoms with E-state index < -0.39 is 0 Å². The van der Waals surface area contributed by atoms with E-state index >= 15 is 0 Å². The van der Waals surface area contributed by atoms with Crippen LogP contribution in [-0.4, -0.2) is 22.5 Å². The van der Waals surface area contributed by atoms with Crippen molar-refractivity contribution < 1.29 is 9.59 Å². The Kier molecular flexibility index (Phi) is 4.54. The summed E-state index contributed by atoms with van der Waals surface area (Å²) >= 11 is 6.33. The number of halogens is 1. The molecule has 0 saturated heterocycles. The molecule has 1 aliphatic carbocycles. The van der Waals surface area contributed by atoms with Crippen LogP contribution in [0.25, 0.3) is 0 Å². The predicted octanol–water partition coefficient (Wildman–Crippen LogP) is 4.43. The molecule has 0 bridgehead atoms. The first-order chi connectivity index (χ1) is 11.5. The first kappa shape index (κ1) is 16.5. The standard InChI is InChI=1S/C20H18ClNO2/c1-13(2)22(12-14-8-4-3-5-9-14)18-17(21)19(23)15-10-6-7-11-16(15)20(18)24/h3-11,13H,12H2,1-2H3. The van der Waals surface area contributed by atoms with Crippen LogP contribution in [0.3, 0.4) is 0 Å². The van der Waals surface area contributed by atoms with Crippen molar-refractivity contribution in [1.82, 2.24) is 4.90 Å². The minimum Gasteiger partial charge on any atom is -0.360 e. The van der Waals surface area contributed by atoms with Gasteiger partial charge >= 0.3 is 0 Å². The van der Waals surface area contributed by atoms with Gasteiger partial charge in [0.15, 0.2) is 0 Å². The lowest BCUT2D eigenvalue weighted by molar-refractivity contribution is 0.0932. The third kappa shape index (κ3) is 2.87. The fourth-order valence-electron chi connectivity index (χ4n) is 2.89. The number of hydrogen-bond acceptors (Lipinski definition) is 3. The first-order valence-corrected chi connectivity index (χ1v) is 8.27. The summed E-state index contributed by atoms with van der Waals surface area (Å²) in [5, 5.41) is 0.00308. The van der Waals surface area contributed by atoms with Crippen molar-refractivity contribution in [2.75, 3.05) is 0 Å². The molecule has 3 nitrogen and oxygen atoms in total. The van der Waals surface area contributed by atoms with E-state index in [2.05, 4.69) is 0 Å². The van der Waals surface area contributed by atoms with Crippen molar-refractivity contribution in [1.29, 1.82) is 0 Å². The fraction of sp³-hybridized carbons (Fsp3) is 0.200. The summed E-state index contributed by atoms with van der Waals surface area (Å²) in [6, 6.07) is 16.7. The number of Topliss-reactive ketones (excluding diaryl/α,β-unsaturated/α-hetero) is 2. The van der Waals surface area contributed by atoms with Crippen LogP contribution >= 0.6 is 11.6 Å². The maximum absolute atomic E-state index is 13.0. The molecule has 0 unspecified atom stereocenters. The molecular formula is C20H18ClNO2. The van der Waals surface area contributed by atoms with Crippen LogP contribution in [0.4, 0.5) is 0 Å². The van der Waals surface area contributed by atoms with Gasteiger partial charge in [-0.2, -0.15) is 0 Å². The Morgan fingerprint density at radius 2 is 1.42 bits per heavy atom. The predicted molar refractivity (Wildman–Crippen MR) is 95.1 cm³/mol. The van der Waals surface area contributed by atoms with E-state index in [1.54, 1.807) is 24.3 Å². The Morgan fingerprint density at radius 1 is 0.875 bits per heavy atom. The van der Waals surface area contributed by atoms with Gasteiger partial charge in [-0.3, -0.25) is 9.59 Å². The molecule has 122 valence electrons. The summed E-state index contributed by atoms with van der Waals surface area (Å²) in [7, 11) is 0. The topological polar surface area (TPSA) is 37.4 Å². The minimum atomic E-state index is -0.291. The summed E-state index contributed by atoms with van der Waals surface area (Å²) in [5.74, 6) is -0.486. The van der Waals surface area contributed by atoms with E-state index in [1.165, 1.54) is 0 Å². The number of benzene rings is 2. The van der Waals surface area contributed by atoms with E-state index in [9.17, 15) is 9.59 Å². The SMILES string of the molecule is CC(C)N(Cc1ccccc1)C1=C(Cl)C(=O)c2ccccc2C1=O. The van der Waals surface area contributed by atoms with Crippen LogP contribution in [0.15, 0.2) is 65.3 Å². The van der Waals surface area contributed by atoms with Crippen LogP contribution in [0.1, 0.15) is 40.1 Å². The normalized spacial score (nSPS) is 14.2. The molecule has 2 aromatic rings. The molecule has 0 saturated carbocycles. The second-order valence-electron chi connectivity index (χ2n) is 6.07. The Hall–Kier alpha value is -2.39. The fourth-order valence-corrected chi connectivity index (χ4v) is 3.18. The van der Waals surface area contributed by atoms with Gasteiger partial charge in [0.2, 0.25) is 11.6 Å². The summed E-state index contributed by atoms with van der Waals surface area (Å²) in [5.41, 5.74) is 2.14. The van der Waals surface area contributed by atoms with Crippen molar-refractivity contribution in [3.05, 3.63) is 82.0 Å². The molecule has 0 atom stereocenters. The van der Waals surface area contributed by atoms with Gasteiger partial charge in [-0.15, -0.1) is 0 Å². The molecule has 0 spiro atoms. The molecule has 0 N–H and O–H groups in total. The smallest absolute Gasteiger partial charge is 0.211 e. The number of rotatable bonds is 4. The van der Waals surface area contributed by atoms with Gasteiger partial charge < -0.3 is 4.90 Å². The zero-order valence-electron chi connectivity index (χ0n) is 13.6. The van der Waals surface area contributed by atoms with E-state index in [4.69, 9.17) is 11.6 Å². The highest BCUT2D eigenvalue weighted by molar-refractivity contribution is 6.49. The van der Waals surface area contributed by atoms with Crippen molar-refractivity contribution >= 4 is 23.2 Å². The van der Waals surface area contributed by atoms with Gasteiger partial charge in [0.05, 0.1) is 0 Å². The zero-order valence-corrected chi connectivity index (χ0v) is 14.4. The zero-order chi connectivity index (χ0) is 17.3. The van der Waals surface area contributed by atoms with Gasteiger partial charge in [-0.25, -0.2) is 0 Å². The van der Waals surface area contributed by atoms with Gasteiger partial charge in [0.1, 0.15) is 10.7 Å². The van der Waals surface area contributed by atoms with Crippen molar-refractivity contribution in [3.63, 3.8) is 0 Å². The molecule has 0 amide bonds. The van der Waals surface area contributed by atoms with E-state index in [-0.39, 0.29) is 22.6 Å². The molecule has 0 heterocycles. The molecular weight excluding hydrogens is 322 g/mol. The number of allylic oxidation sites excluding steroid dienone is 2. The summed E-state index contributed by atoms with van der Waals surface area (Å²) < 4.78 is 0. The van der Waals surface area contributed by atoms with Gasteiger partial charge in [-0.1, -0.05) is 66.2 Å². The highest BCUT2D eigenvalue weighted by atomic mass is 35.5. The van der Waals surface area contributed by atoms with Crippen LogP contribution in [0, 0.1) is 0 Å². The first-order valence-electron chi connectivity index (χ1n) is 7.89. The lowest BCUT2D eigenvalue weighted by atomic mass is 9.91. The molecule has 24 heavy (non-hydrogen) atoms. The number of carbonyl (C=O) groups excluding carboxylic acids is 2. The monoisotopic (exact) mass is 339 g/mol. The molecule has 0 radical (unpaired) electrons. The Balaban J connectivity index is 2.06. The lowest BCUT2D eigenvalue weighted by Crippen LogP contribution is -2.37. The van der Waals surface area contributed by atoms with E-state index in [1.807, 2.05) is 49.1 Å². The maximum Gasteiger partial charge on any atom is 0.211 e. The second-order valence-corrected chi connectivity index (χ2v) is 6.45. The molecule has 3 rings (SSSR count). The molecule has 0 fully saturated rings. The third-order valence-corrected chi connectivity index (χ3v) is 4.50. The number of hydrogen-bond donors (Lipinski definition) is 0. The number of nitrogens with zero attached hydrogens (tertiary/aromatic N) is 1. The molecule has 4 heteroatoms. The van der Waals surface area contributed by atoms with Gasteiger partial charge in [0, 0.05) is 23.7 Å². The average molecular weight is 340 g/mol. The molecule has 2 aromatic carbocycles. The van der Waals surface area contributed by atoms with E-state index in [0.29, 0.717) is 23.4 Å². The Labute approximate surface area is 146 Å². The summed E-state index contributed by atoms with van der Waals surface area (Å²) in [6.07, 6.45) is 0. The highest BCUT2D eigenvalue weighted by Crippen LogP contribution is 2.32. The minimum absolute atomic E-state index is 0.00308. The Bertz CT molecular complexity index is 825. The molecule has 1 aliphatic rings. The van der Waals surface area contributed by atoms with Crippen molar-refractivity contribution in [3.8, 4) is 0 Å². The average Bonchev–Trinajstić information content (AvgIpc) is 2.60. The lowest BCUT2D eigenvalue weighted by Gasteiger charge is -2.33. The van der Waals surface area contributed by atoms with Crippen LogP contribution in [-0.2, 0) is 6.54 Å². The van der Waals surface area contributed by atoms with Gasteiger partial charge in [-0.05, 0) is 19.4 Å². The van der Waals surface area contributed by atoms with Gasteiger partial charge in [0.25, 0.3) is 0 Å². The second kappa shape index (κ2) is 6.62. The molecule has 0 aromatic heterocycles. The number of fused-ring (bicyclic) bond motifs is 1. The number of ketones is 2. The largest absolute Gasteiger partial charge is 0.360 e. The van der Waals surface area contributed by atoms with Crippen LogP contribution in [0.5, 0.6) is 0 Å². The van der Waals surface area contributed by atoms with E-state index in [0.717, 1.165) is 5.56 Å². The van der Waals surface area contributed by atoms with Crippen molar-refractivity contribution in [2.45, 2.75) is 26.4 Å². The van der Waals surface area contributed by atoms with Crippen LogP contribution < -0.4 is 0 Å². The number of carbonyl (C=O) groups is 2. The highest BCUT2D eigenvalue weighted by Gasteiger charge is 2.35. The third-order valence-electron chi connectivity index (χ3n) is 4.14. The Morgan fingerprint density at radius 3 is 2.00 bits per heavy atom. The summed E-state index contributed by atoms with van der Waals surface area (Å²) in [6.45, 7) is 4.49. The van der Waals surface area contributed by atoms with Crippen molar-refractivity contribution in [2.24, 2.45) is 0 Å². The molecule has 0 aliphatic heterocycles.